The van der Waals surface area contributed by atoms with Gasteiger partial charge in [-0.3, -0.25) is 14.4 Å². The Balaban J connectivity index is 1.74. The number of esters is 1. The van der Waals surface area contributed by atoms with Crippen LogP contribution in [0, 0.1) is 5.92 Å². The van der Waals surface area contributed by atoms with Crippen molar-refractivity contribution in [2.24, 2.45) is 5.92 Å². The van der Waals surface area contributed by atoms with Crippen molar-refractivity contribution in [1.29, 1.82) is 0 Å². The minimum Gasteiger partial charge on any atom is -0.451 e. The lowest BCUT2D eigenvalue weighted by molar-refractivity contribution is -0.154. The Hall–Kier alpha value is -2.08. The van der Waals surface area contributed by atoms with E-state index in [1.807, 2.05) is 0 Å². The Kier molecular flexibility index (Phi) is 7.45. The van der Waals surface area contributed by atoms with Crippen LogP contribution in [0.15, 0.2) is 24.3 Å². The number of hydrogen-bond acceptors (Lipinski definition) is 4. The smallest absolute Gasteiger partial charge is 0.326 e. The number of nitrogens with one attached hydrogen (secondary N) is 2. The van der Waals surface area contributed by atoms with Gasteiger partial charge in [0, 0.05) is 16.6 Å². The van der Waals surface area contributed by atoms with E-state index in [2.05, 4.69) is 17.6 Å². The van der Waals surface area contributed by atoms with Crippen LogP contribution in [-0.4, -0.2) is 36.5 Å². The van der Waals surface area contributed by atoms with E-state index in [0.717, 1.165) is 19.3 Å². The van der Waals surface area contributed by atoms with E-state index < -0.39 is 18.0 Å². The average molecular weight is 381 g/mol. The van der Waals surface area contributed by atoms with E-state index in [1.165, 1.54) is 13.3 Å². The third-order valence-electron chi connectivity index (χ3n) is 4.62. The summed E-state index contributed by atoms with van der Waals surface area (Å²) in [6.07, 6.45) is 3.43. The molecule has 0 radical (unpaired) electrons. The lowest BCUT2D eigenvalue weighted by atomic mass is 9.86. The highest BCUT2D eigenvalue weighted by Crippen LogP contribution is 2.23. The molecular weight excluding hydrogens is 356 g/mol. The Morgan fingerprint density at radius 1 is 1.19 bits per heavy atom. The normalized spacial score (nSPS) is 20.7. The fourth-order valence-electron chi connectivity index (χ4n) is 2.98. The van der Waals surface area contributed by atoms with E-state index in [-0.39, 0.29) is 18.5 Å². The zero-order valence-corrected chi connectivity index (χ0v) is 15.8. The number of rotatable bonds is 6. The summed E-state index contributed by atoms with van der Waals surface area (Å²) in [7, 11) is 0. The Morgan fingerprint density at radius 2 is 1.85 bits per heavy atom. The van der Waals surface area contributed by atoms with Gasteiger partial charge in [-0.05, 0) is 49.9 Å². The number of hydrogen-bond donors (Lipinski definition) is 2. The minimum absolute atomic E-state index is 0.127. The minimum atomic E-state index is -0.899. The molecule has 1 aliphatic carbocycles. The van der Waals surface area contributed by atoms with Crippen LogP contribution in [0.2, 0.25) is 5.02 Å². The number of carbonyl (C=O) groups excluding carboxylic acids is 3. The van der Waals surface area contributed by atoms with Gasteiger partial charge in [0.25, 0.3) is 11.8 Å². The van der Waals surface area contributed by atoms with Gasteiger partial charge in [-0.15, -0.1) is 0 Å². The maximum absolute atomic E-state index is 12.2. The largest absolute Gasteiger partial charge is 0.451 e. The van der Waals surface area contributed by atoms with Crippen molar-refractivity contribution in [3.05, 3.63) is 34.9 Å². The van der Waals surface area contributed by atoms with Gasteiger partial charge in [-0.25, -0.2) is 0 Å². The predicted molar refractivity (Wildman–Crippen MR) is 98.9 cm³/mol. The van der Waals surface area contributed by atoms with Gasteiger partial charge in [0.1, 0.15) is 6.54 Å². The van der Waals surface area contributed by atoms with Crippen molar-refractivity contribution >= 4 is 29.4 Å². The fraction of sp³-hybridized carbons (Fsp3) is 0.526. The van der Waals surface area contributed by atoms with Crippen molar-refractivity contribution in [3.63, 3.8) is 0 Å². The van der Waals surface area contributed by atoms with Crippen molar-refractivity contribution in [2.75, 3.05) is 6.54 Å². The molecular formula is C19H25ClN2O4. The molecule has 0 saturated heterocycles. The summed E-state index contributed by atoms with van der Waals surface area (Å²) >= 11 is 5.77. The first kappa shape index (κ1) is 20.2. The summed E-state index contributed by atoms with van der Waals surface area (Å²) in [5, 5.41) is 5.94. The standard InChI is InChI=1S/C19H25ClN2O4/c1-12-5-3-4-6-16(12)22-18(24)13(2)26-17(23)11-21-19(25)14-7-9-15(20)10-8-14/h7-10,12-13,16H,3-6,11H2,1-2H3,(H,21,25)(H,22,24)/t12-,13-,16+/m0/s1. The molecule has 0 spiro atoms. The molecule has 0 aromatic heterocycles. The van der Waals surface area contributed by atoms with E-state index in [4.69, 9.17) is 16.3 Å². The van der Waals surface area contributed by atoms with E-state index >= 15 is 0 Å². The third-order valence-corrected chi connectivity index (χ3v) is 4.87. The fourth-order valence-corrected chi connectivity index (χ4v) is 3.10. The zero-order chi connectivity index (χ0) is 19.1. The van der Waals surface area contributed by atoms with Gasteiger partial charge in [0.2, 0.25) is 0 Å². The molecule has 0 bridgehead atoms. The summed E-state index contributed by atoms with van der Waals surface area (Å²) in [6, 6.07) is 6.43. The lowest BCUT2D eigenvalue weighted by Gasteiger charge is -2.30. The van der Waals surface area contributed by atoms with Gasteiger partial charge < -0.3 is 15.4 Å². The molecule has 1 aliphatic rings. The molecule has 2 amide bonds. The summed E-state index contributed by atoms with van der Waals surface area (Å²) in [4.78, 5) is 36.0. The van der Waals surface area contributed by atoms with E-state index in [1.54, 1.807) is 24.3 Å². The van der Waals surface area contributed by atoms with Crippen LogP contribution in [-0.2, 0) is 14.3 Å². The highest BCUT2D eigenvalue weighted by atomic mass is 35.5. The van der Waals surface area contributed by atoms with Crippen molar-refractivity contribution < 1.29 is 19.1 Å². The molecule has 26 heavy (non-hydrogen) atoms. The number of carbonyl (C=O) groups is 3. The molecule has 0 aliphatic heterocycles. The maximum atomic E-state index is 12.2. The third kappa shape index (κ3) is 6.02. The second-order valence-corrected chi connectivity index (χ2v) is 7.13. The first-order chi connectivity index (χ1) is 12.4. The molecule has 2 rings (SSSR count). The summed E-state index contributed by atoms with van der Waals surface area (Å²) in [5.74, 6) is -0.950. The van der Waals surface area contributed by atoms with Crippen LogP contribution in [0.5, 0.6) is 0 Å². The van der Waals surface area contributed by atoms with Crippen LogP contribution in [0.3, 0.4) is 0 Å². The molecule has 1 saturated carbocycles. The van der Waals surface area contributed by atoms with Crippen molar-refractivity contribution in [1.82, 2.24) is 10.6 Å². The van der Waals surface area contributed by atoms with Crippen molar-refractivity contribution in [3.8, 4) is 0 Å². The molecule has 6 nitrogen and oxygen atoms in total. The van der Waals surface area contributed by atoms with Gasteiger partial charge in [0.05, 0.1) is 0 Å². The van der Waals surface area contributed by atoms with Gasteiger partial charge >= 0.3 is 5.97 Å². The Morgan fingerprint density at radius 3 is 2.50 bits per heavy atom. The molecule has 142 valence electrons. The molecule has 1 aromatic rings. The average Bonchev–Trinajstić information content (AvgIpc) is 2.62. The number of benzene rings is 1. The topological polar surface area (TPSA) is 84.5 Å². The first-order valence-electron chi connectivity index (χ1n) is 8.90. The highest BCUT2D eigenvalue weighted by Gasteiger charge is 2.26. The number of ether oxygens (including phenoxy) is 1. The second kappa shape index (κ2) is 9.57. The number of amides is 2. The Labute approximate surface area is 158 Å². The molecule has 1 aromatic carbocycles. The summed E-state index contributed by atoms with van der Waals surface area (Å²) in [6.45, 7) is 3.34. The lowest BCUT2D eigenvalue weighted by Crippen LogP contribution is -2.46. The monoisotopic (exact) mass is 380 g/mol. The molecule has 2 N–H and O–H groups in total. The molecule has 0 heterocycles. The first-order valence-corrected chi connectivity index (χ1v) is 9.28. The second-order valence-electron chi connectivity index (χ2n) is 6.70. The van der Waals surface area contributed by atoms with Gasteiger partial charge in [-0.1, -0.05) is 31.4 Å². The van der Waals surface area contributed by atoms with Crippen molar-refractivity contribution in [2.45, 2.75) is 51.7 Å². The van der Waals surface area contributed by atoms with Crippen LogP contribution in [0.1, 0.15) is 49.9 Å². The number of halogens is 1. The SMILES string of the molecule is C[C@H](OC(=O)CNC(=O)c1ccc(Cl)cc1)C(=O)N[C@@H]1CCCC[C@@H]1C. The quantitative estimate of drug-likeness (QED) is 0.743. The van der Waals surface area contributed by atoms with Crippen LogP contribution < -0.4 is 10.6 Å². The van der Waals surface area contributed by atoms with Gasteiger partial charge in [-0.2, -0.15) is 0 Å². The zero-order valence-electron chi connectivity index (χ0n) is 15.1. The van der Waals surface area contributed by atoms with Crippen LogP contribution >= 0.6 is 11.6 Å². The Bertz CT molecular complexity index is 647. The molecule has 3 atom stereocenters. The van der Waals surface area contributed by atoms with Gasteiger partial charge in [0.15, 0.2) is 6.10 Å². The maximum Gasteiger partial charge on any atom is 0.326 e. The molecule has 7 heteroatoms. The van der Waals surface area contributed by atoms with E-state index in [0.29, 0.717) is 16.5 Å². The van der Waals surface area contributed by atoms with Crippen LogP contribution in [0.25, 0.3) is 0 Å². The van der Waals surface area contributed by atoms with Crippen LogP contribution in [0.4, 0.5) is 0 Å². The summed E-state index contributed by atoms with van der Waals surface area (Å²) < 4.78 is 5.11. The predicted octanol–water partition coefficient (Wildman–Crippen LogP) is 2.70. The molecule has 1 fully saturated rings. The highest BCUT2D eigenvalue weighted by molar-refractivity contribution is 6.30. The van der Waals surface area contributed by atoms with E-state index in [9.17, 15) is 14.4 Å². The molecule has 0 unspecified atom stereocenters. The summed E-state index contributed by atoms with van der Waals surface area (Å²) in [5.41, 5.74) is 0.388.